The summed E-state index contributed by atoms with van der Waals surface area (Å²) in [4.78, 5) is 11.3. The van der Waals surface area contributed by atoms with Crippen molar-refractivity contribution in [3.63, 3.8) is 0 Å². The predicted octanol–water partition coefficient (Wildman–Crippen LogP) is -0.163. The van der Waals surface area contributed by atoms with E-state index in [9.17, 15) is 9.90 Å². The average molecular weight is 208 g/mol. The molecule has 2 rings (SSSR count). The number of aliphatic hydroxyl groups excluding tert-OH is 1. The summed E-state index contributed by atoms with van der Waals surface area (Å²) in [5.74, 6) is -0.235. The molecule has 0 aliphatic carbocycles. The summed E-state index contributed by atoms with van der Waals surface area (Å²) in [5.41, 5.74) is -0.571. The van der Waals surface area contributed by atoms with Gasteiger partial charge in [-0.3, -0.25) is 10.1 Å². The molecular weight excluding hydrogens is 194 g/mol. The minimum absolute atomic E-state index is 0. The molecule has 2 saturated heterocycles. The quantitative estimate of drug-likeness (QED) is 0.587. The van der Waals surface area contributed by atoms with Gasteiger partial charge < -0.3 is 9.84 Å². The second kappa shape index (κ2) is 3.44. The summed E-state index contributed by atoms with van der Waals surface area (Å²) in [6.07, 6.45) is 1.79. The molecule has 5 heteroatoms. The fourth-order valence-electron chi connectivity index (χ4n) is 2.29. The van der Waals surface area contributed by atoms with E-state index in [2.05, 4.69) is 5.32 Å². The van der Waals surface area contributed by atoms with Gasteiger partial charge in [-0.25, -0.2) is 0 Å². The molecule has 2 N–H and O–H groups in total. The Bertz CT molecular complexity index is 219. The lowest BCUT2D eigenvalue weighted by Gasteiger charge is -2.23. The summed E-state index contributed by atoms with van der Waals surface area (Å²) in [7, 11) is 1.39. The molecule has 0 radical (unpaired) electrons. The van der Waals surface area contributed by atoms with Crippen molar-refractivity contribution in [1.82, 2.24) is 5.32 Å². The number of halogens is 1. The van der Waals surface area contributed by atoms with Gasteiger partial charge in [-0.2, -0.15) is 0 Å². The zero-order chi connectivity index (χ0) is 8.77. The number of methoxy groups -OCH3 is 1. The van der Waals surface area contributed by atoms with Crippen molar-refractivity contribution in [1.29, 1.82) is 0 Å². The van der Waals surface area contributed by atoms with E-state index in [-0.39, 0.29) is 30.5 Å². The van der Waals surface area contributed by atoms with E-state index >= 15 is 0 Å². The molecule has 0 amide bonds. The van der Waals surface area contributed by atoms with Crippen molar-refractivity contribution in [3.05, 3.63) is 0 Å². The van der Waals surface area contributed by atoms with Crippen LogP contribution >= 0.6 is 12.4 Å². The minimum atomic E-state index is -0.571. The number of carbonyl (C=O) groups excluding carboxylic acids is 1. The fourth-order valence-corrected chi connectivity index (χ4v) is 2.29. The third-order valence-corrected chi connectivity index (χ3v) is 2.94. The van der Waals surface area contributed by atoms with Gasteiger partial charge in [-0.15, -0.1) is 12.4 Å². The highest BCUT2D eigenvalue weighted by molar-refractivity contribution is 5.85. The predicted molar refractivity (Wildman–Crippen MR) is 48.8 cm³/mol. The average Bonchev–Trinajstić information content (AvgIpc) is 2.60. The molecule has 0 aromatic rings. The van der Waals surface area contributed by atoms with Crippen molar-refractivity contribution in [2.24, 2.45) is 0 Å². The summed E-state index contributed by atoms with van der Waals surface area (Å²) < 4.78 is 4.69. The SMILES string of the molecule is COC(=O)[C@@]12CC[C@@H](N1)[C@H](O)C2.Cl. The Hall–Kier alpha value is -0.320. The molecule has 2 bridgehead atoms. The van der Waals surface area contributed by atoms with Crippen LogP contribution in [-0.4, -0.2) is 35.9 Å². The number of hydrogen-bond donors (Lipinski definition) is 2. The molecule has 2 aliphatic rings. The first-order valence-corrected chi connectivity index (χ1v) is 4.22. The number of carbonyl (C=O) groups is 1. The van der Waals surface area contributed by atoms with E-state index in [1.807, 2.05) is 0 Å². The van der Waals surface area contributed by atoms with Crippen molar-refractivity contribution in [2.75, 3.05) is 7.11 Å². The van der Waals surface area contributed by atoms with Crippen LogP contribution in [0.1, 0.15) is 19.3 Å². The third kappa shape index (κ3) is 1.43. The molecule has 0 aromatic heterocycles. The molecule has 2 heterocycles. The maximum absolute atomic E-state index is 11.3. The molecule has 2 fully saturated rings. The van der Waals surface area contributed by atoms with E-state index in [1.165, 1.54) is 7.11 Å². The molecule has 3 atom stereocenters. The minimum Gasteiger partial charge on any atom is -0.468 e. The van der Waals surface area contributed by atoms with Gasteiger partial charge in [0.15, 0.2) is 0 Å². The number of hydrogen-bond acceptors (Lipinski definition) is 4. The molecule has 13 heavy (non-hydrogen) atoms. The van der Waals surface area contributed by atoms with Crippen molar-refractivity contribution in [2.45, 2.75) is 36.9 Å². The normalized spacial score (nSPS) is 41.4. The second-order valence-corrected chi connectivity index (χ2v) is 3.63. The van der Waals surface area contributed by atoms with Crippen LogP contribution in [0.25, 0.3) is 0 Å². The summed E-state index contributed by atoms with van der Waals surface area (Å²) >= 11 is 0. The first-order chi connectivity index (χ1) is 5.68. The van der Waals surface area contributed by atoms with E-state index in [0.717, 1.165) is 12.8 Å². The Morgan fingerprint density at radius 3 is 2.77 bits per heavy atom. The van der Waals surface area contributed by atoms with Gasteiger partial charge in [0.1, 0.15) is 5.54 Å². The molecule has 0 unspecified atom stereocenters. The highest BCUT2D eigenvalue weighted by Crippen LogP contribution is 2.38. The number of aliphatic hydroxyl groups is 1. The fraction of sp³-hybridized carbons (Fsp3) is 0.875. The topological polar surface area (TPSA) is 58.6 Å². The molecule has 0 aromatic carbocycles. The molecule has 76 valence electrons. The van der Waals surface area contributed by atoms with Gasteiger partial charge in [0.05, 0.1) is 13.2 Å². The van der Waals surface area contributed by atoms with Gasteiger partial charge >= 0.3 is 5.97 Å². The molecular formula is C8H14ClNO3. The third-order valence-electron chi connectivity index (χ3n) is 2.94. The highest BCUT2D eigenvalue weighted by atomic mass is 35.5. The van der Waals surface area contributed by atoms with Crippen LogP contribution in [0.2, 0.25) is 0 Å². The standard InChI is InChI=1S/C8H13NO3.ClH/c1-12-7(11)8-3-2-5(9-8)6(10)4-8;/h5-6,9-10H,2-4H2,1H3;1H/t5-,6-,8+;/m1./s1. The van der Waals surface area contributed by atoms with Gasteiger partial charge in [0, 0.05) is 12.5 Å². The Labute approximate surface area is 83.1 Å². The van der Waals surface area contributed by atoms with Crippen molar-refractivity contribution >= 4 is 18.4 Å². The highest BCUT2D eigenvalue weighted by Gasteiger charge is 2.55. The van der Waals surface area contributed by atoms with Crippen LogP contribution in [0.4, 0.5) is 0 Å². The first-order valence-electron chi connectivity index (χ1n) is 4.22. The lowest BCUT2D eigenvalue weighted by Crippen LogP contribution is -2.45. The zero-order valence-corrected chi connectivity index (χ0v) is 8.26. The van der Waals surface area contributed by atoms with Gasteiger partial charge in [0.25, 0.3) is 0 Å². The number of esters is 1. The Kier molecular flexibility index (Phi) is 2.85. The van der Waals surface area contributed by atoms with E-state index in [0.29, 0.717) is 6.42 Å². The molecule has 0 spiro atoms. The maximum Gasteiger partial charge on any atom is 0.326 e. The lowest BCUT2D eigenvalue weighted by atomic mass is 9.86. The Morgan fingerprint density at radius 2 is 2.38 bits per heavy atom. The number of fused-ring (bicyclic) bond motifs is 2. The van der Waals surface area contributed by atoms with E-state index < -0.39 is 5.54 Å². The van der Waals surface area contributed by atoms with Crippen molar-refractivity contribution < 1.29 is 14.6 Å². The van der Waals surface area contributed by atoms with Crippen molar-refractivity contribution in [3.8, 4) is 0 Å². The van der Waals surface area contributed by atoms with Gasteiger partial charge in [-0.1, -0.05) is 0 Å². The van der Waals surface area contributed by atoms with Crippen LogP contribution in [-0.2, 0) is 9.53 Å². The van der Waals surface area contributed by atoms with E-state index in [1.54, 1.807) is 0 Å². The number of nitrogens with one attached hydrogen (secondary N) is 1. The maximum atomic E-state index is 11.3. The second-order valence-electron chi connectivity index (χ2n) is 3.63. The summed E-state index contributed by atoms with van der Waals surface area (Å²) in [6.45, 7) is 0. The van der Waals surface area contributed by atoms with E-state index in [4.69, 9.17) is 4.74 Å². The van der Waals surface area contributed by atoms with Crippen LogP contribution in [0, 0.1) is 0 Å². The molecule has 4 nitrogen and oxygen atoms in total. The van der Waals surface area contributed by atoms with Crippen LogP contribution < -0.4 is 5.32 Å². The smallest absolute Gasteiger partial charge is 0.326 e. The monoisotopic (exact) mass is 207 g/mol. The summed E-state index contributed by atoms with van der Waals surface area (Å²) in [6, 6.07) is 0.101. The lowest BCUT2D eigenvalue weighted by molar-refractivity contribution is -0.148. The number of rotatable bonds is 1. The number of ether oxygens (including phenoxy) is 1. The molecule has 0 saturated carbocycles. The molecule has 2 aliphatic heterocycles. The largest absolute Gasteiger partial charge is 0.468 e. The zero-order valence-electron chi connectivity index (χ0n) is 7.45. The Balaban J connectivity index is 0.000000845. The Morgan fingerprint density at radius 1 is 1.69 bits per heavy atom. The van der Waals surface area contributed by atoms with Gasteiger partial charge in [-0.05, 0) is 12.8 Å². The van der Waals surface area contributed by atoms with Crippen LogP contribution in [0.5, 0.6) is 0 Å². The van der Waals surface area contributed by atoms with Crippen LogP contribution in [0.3, 0.4) is 0 Å². The summed E-state index contributed by atoms with van der Waals surface area (Å²) in [5, 5.41) is 12.6. The first kappa shape index (κ1) is 10.8. The van der Waals surface area contributed by atoms with Crippen LogP contribution in [0.15, 0.2) is 0 Å². The van der Waals surface area contributed by atoms with Gasteiger partial charge in [0.2, 0.25) is 0 Å².